The van der Waals surface area contributed by atoms with Crippen LogP contribution in [0.3, 0.4) is 0 Å². The van der Waals surface area contributed by atoms with Gasteiger partial charge in [0, 0.05) is 27.7 Å². The summed E-state index contributed by atoms with van der Waals surface area (Å²) in [6.07, 6.45) is 13.0. The van der Waals surface area contributed by atoms with Crippen molar-refractivity contribution in [1.29, 1.82) is 0 Å². The molecule has 2 heteroatoms. The van der Waals surface area contributed by atoms with Gasteiger partial charge in [-0.1, -0.05) is 50.3 Å². The minimum absolute atomic E-state index is 0.0147. The Balaban J connectivity index is 2.20. The summed E-state index contributed by atoms with van der Waals surface area (Å²) in [5.41, 5.74) is 2.13. The molecule has 0 N–H and O–H groups in total. The highest BCUT2D eigenvalue weighted by molar-refractivity contribution is 6.31. The van der Waals surface area contributed by atoms with Crippen LogP contribution in [0.15, 0.2) is 58.7 Å². The molecule has 3 aliphatic rings. The summed E-state index contributed by atoms with van der Waals surface area (Å²) in [7, 11) is 0. The molecule has 96 valence electrons. The van der Waals surface area contributed by atoms with E-state index in [9.17, 15) is 9.59 Å². The van der Waals surface area contributed by atoms with Crippen LogP contribution in [0.25, 0.3) is 0 Å². The van der Waals surface area contributed by atoms with E-state index < -0.39 is 0 Å². The van der Waals surface area contributed by atoms with E-state index in [0.29, 0.717) is 22.3 Å². The number of Topliss-reactive ketones (excluding diaryl/α,β-unsaturated/α-hetero) is 2. The Labute approximate surface area is 112 Å². The first kappa shape index (κ1) is 12.1. The van der Waals surface area contributed by atoms with Gasteiger partial charge in [0.05, 0.1) is 0 Å². The minimum atomic E-state index is -0.133. The zero-order valence-electron chi connectivity index (χ0n) is 11.2. The molecule has 19 heavy (non-hydrogen) atoms. The number of rotatable bonds is 0. The Morgan fingerprint density at radius 3 is 1.68 bits per heavy atom. The van der Waals surface area contributed by atoms with Crippen LogP contribution in [-0.4, -0.2) is 11.6 Å². The van der Waals surface area contributed by atoms with Crippen LogP contribution in [0.1, 0.15) is 26.7 Å². The van der Waals surface area contributed by atoms with Gasteiger partial charge in [-0.3, -0.25) is 9.59 Å². The van der Waals surface area contributed by atoms with Crippen LogP contribution in [0.4, 0.5) is 0 Å². The molecule has 0 unspecified atom stereocenters. The van der Waals surface area contributed by atoms with Gasteiger partial charge in [-0.25, -0.2) is 0 Å². The lowest BCUT2D eigenvalue weighted by Crippen LogP contribution is -2.24. The Morgan fingerprint density at radius 1 is 0.842 bits per heavy atom. The Hall–Kier alpha value is -1.96. The molecule has 0 saturated carbocycles. The van der Waals surface area contributed by atoms with Crippen molar-refractivity contribution in [2.75, 3.05) is 0 Å². The van der Waals surface area contributed by atoms with E-state index in [1.807, 2.05) is 36.5 Å². The van der Waals surface area contributed by atoms with Gasteiger partial charge in [-0.05, 0) is 12.8 Å². The third-order valence-corrected chi connectivity index (χ3v) is 3.78. The van der Waals surface area contributed by atoms with Gasteiger partial charge in [-0.15, -0.1) is 0 Å². The average molecular weight is 252 g/mol. The minimum Gasteiger partial charge on any atom is -0.289 e. The highest BCUT2D eigenvalue weighted by Gasteiger charge is 2.34. The molecule has 3 aliphatic carbocycles. The number of carbonyl (C=O) groups is 2. The zero-order valence-corrected chi connectivity index (χ0v) is 11.2. The van der Waals surface area contributed by atoms with E-state index in [4.69, 9.17) is 0 Å². The largest absolute Gasteiger partial charge is 0.289 e. The molecule has 0 bridgehead atoms. The van der Waals surface area contributed by atoms with Crippen LogP contribution >= 0.6 is 0 Å². The fourth-order valence-electron chi connectivity index (χ4n) is 2.62. The average Bonchev–Trinajstić information content (AvgIpc) is 2.55. The van der Waals surface area contributed by atoms with Crippen LogP contribution in [-0.2, 0) is 9.59 Å². The molecule has 2 nitrogen and oxygen atoms in total. The van der Waals surface area contributed by atoms with Crippen molar-refractivity contribution in [3.05, 3.63) is 58.7 Å². The van der Waals surface area contributed by atoms with Crippen LogP contribution in [0.5, 0.6) is 0 Å². The maximum Gasteiger partial charge on any atom is 0.194 e. The molecule has 0 aliphatic heterocycles. The Bertz CT molecular complexity index is 580. The van der Waals surface area contributed by atoms with Gasteiger partial charge in [0.1, 0.15) is 0 Å². The van der Waals surface area contributed by atoms with E-state index in [1.54, 1.807) is 0 Å². The summed E-state index contributed by atoms with van der Waals surface area (Å²) < 4.78 is 0. The van der Waals surface area contributed by atoms with E-state index in [1.165, 1.54) is 0 Å². The topological polar surface area (TPSA) is 34.1 Å². The van der Waals surface area contributed by atoms with Crippen molar-refractivity contribution in [1.82, 2.24) is 0 Å². The summed E-state index contributed by atoms with van der Waals surface area (Å²) in [6, 6.07) is 0. The molecule has 0 fully saturated rings. The third-order valence-electron chi connectivity index (χ3n) is 3.78. The summed E-state index contributed by atoms with van der Waals surface area (Å²) in [5.74, 6) is -0.0294. The fourth-order valence-corrected chi connectivity index (χ4v) is 2.62. The van der Waals surface area contributed by atoms with Crippen molar-refractivity contribution in [2.24, 2.45) is 5.41 Å². The lowest BCUT2D eigenvalue weighted by molar-refractivity contribution is -0.116. The molecule has 0 amide bonds. The molecule has 0 heterocycles. The molecular weight excluding hydrogens is 236 g/mol. The maximum atomic E-state index is 12.5. The lowest BCUT2D eigenvalue weighted by atomic mass is 9.79. The number of allylic oxidation sites excluding steroid dienone is 10. The zero-order chi connectivity index (χ0) is 13.6. The van der Waals surface area contributed by atoms with Gasteiger partial charge >= 0.3 is 0 Å². The summed E-state index contributed by atoms with van der Waals surface area (Å²) >= 11 is 0. The molecule has 0 atom stereocenters. The second kappa shape index (κ2) is 4.02. The Kier molecular flexibility index (Phi) is 2.56. The molecule has 0 aromatic heterocycles. The number of ketones is 2. The number of hydrogen-bond acceptors (Lipinski definition) is 2. The number of hydrogen-bond donors (Lipinski definition) is 0. The van der Waals surface area contributed by atoms with E-state index in [-0.39, 0.29) is 17.0 Å². The smallest absolute Gasteiger partial charge is 0.194 e. The quantitative estimate of drug-likeness (QED) is 0.663. The van der Waals surface area contributed by atoms with Crippen molar-refractivity contribution in [2.45, 2.75) is 26.7 Å². The van der Waals surface area contributed by atoms with Gasteiger partial charge < -0.3 is 0 Å². The Morgan fingerprint density at radius 2 is 1.26 bits per heavy atom. The molecule has 0 aromatic carbocycles. The lowest BCUT2D eigenvalue weighted by Gasteiger charge is -2.21. The third kappa shape index (κ3) is 1.88. The van der Waals surface area contributed by atoms with Gasteiger partial charge in [-0.2, -0.15) is 0 Å². The van der Waals surface area contributed by atoms with Gasteiger partial charge in [0.2, 0.25) is 0 Å². The predicted molar refractivity (Wildman–Crippen MR) is 74.5 cm³/mol. The summed E-state index contributed by atoms with van der Waals surface area (Å²) in [4.78, 5) is 25.0. The van der Waals surface area contributed by atoms with E-state index in [2.05, 4.69) is 13.8 Å². The monoisotopic (exact) mass is 252 g/mol. The van der Waals surface area contributed by atoms with Crippen molar-refractivity contribution < 1.29 is 9.59 Å². The first-order valence-electron chi connectivity index (χ1n) is 6.62. The number of carbonyl (C=O) groups excluding carboxylic acids is 2. The highest BCUT2D eigenvalue weighted by Crippen LogP contribution is 2.35. The molecule has 0 spiro atoms. The molecule has 0 aromatic rings. The molecule has 0 radical (unpaired) electrons. The van der Waals surface area contributed by atoms with Crippen molar-refractivity contribution in [3.63, 3.8) is 0 Å². The molecule has 0 saturated heterocycles. The van der Waals surface area contributed by atoms with Crippen LogP contribution in [0, 0.1) is 5.41 Å². The standard InChI is InChI=1S/C17H16O2/c1-17(2)9-7-13-14(8-10-17)16(19)12-6-4-3-5-11(12)15(13)18/h5-10H,3-4H2,1-2H3. The maximum absolute atomic E-state index is 12.5. The summed E-state index contributed by atoms with van der Waals surface area (Å²) in [6.45, 7) is 4.11. The number of fused-ring (bicyclic) bond motifs is 1. The van der Waals surface area contributed by atoms with Gasteiger partial charge in [0.25, 0.3) is 0 Å². The summed E-state index contributed by atoms with van der Waals surface area (Å²) in [5, 5.41) is 0. The van der Waals surface area contributed by atoms with E-state index >= 15 is 0 Å². The van der Waals surface area contributed by atoms with Gasteiger partial charge in [0.15, 0.2) is 11.6 Å². The predicted octanol–water partition coefficient (Wildman–Crippen LogP) is 3.23. The molecule has 3 rings (SSSR count). The fraction of sp³-hybridized carbons (Fsp3) is 0.294. The first-order chi connectivity index (χ1) is 8.99. The first-order valence-corrected chi connectivity index (χ1v) is 6.62. The second-order valence-corrected chi connectivity index (χ2v) is 5.79. The van der Waals surface area contributed by atoms with Crippen LogP contribution < -0.4 is 0 Å². The van der Waals surface area contributed by atoms with Crippen molar-refractivity contribution >= 4 is 11.6 Å². The highest BCUT2D eigenvalue weighted by atomic mass is 16.1. The second-order valence-electron chi connectivity index (χ2n) is 5.79. The van der Waals surface area contributed by atoms with Crippen molar-refractivity contribution in [3.8, 4) is 0 Å². The normalized spacial score (nSPS) is 24.5. The SMILES string of the molecule is CC1(C)C=CC2=C(C=C1)C(=O)C1=CCCC=C1C2=O. The molecular formula is C17H16O2. The van der Waals surface area contributed by atoms with Crippen LogP contribution in [0.2, 0.25) is 0 Å². The van der Waals surface area contributed by atoms with E-state index in [0.717, 1.165) is 12.8 Å².